The zero-order valence-corrected chi connectivity index (χ0v) is 19.7. The van der Waals surface area contributed by atoms with Gasteiger partial charge in [-0.3, -0.25) is 9.59 Å². The fraction of sp³-hybridized carbons (Fsp3) is 0.0800. The van der Waals surface area contributed by atoms with Crippen LogP contribution in [0.1, 0.15) is 5.56 Å². The number of nitrogens with one attached hydrogen (secondary N) is 2. The van der Waals surface area contributed by atoms with Gasteiger partial charge in [0.1, 0.15) is 11.5 Å². The lowest BCUT2D eigenvalue weighted by atomic mass is 10.2. The second-order valence-electron chi connectivity index (χ2n) is 7.07. The molecule has 7 nitrogen and oxygen atoms in total. The Morgan fingerprint density at radius 1 is 1.12 bits per heavy atom. The summed E-state index contributed by atoms with van der Waals surface area (Å²) in [5.41, 5.74) is 2.10. The van der Waals surface area contributed by atoms with E-state index >= 15 is 0 Å². The van der Waals surface area contributed by atoms with E-state index in [0.29, 0.717) is 32.2 Å². The van der Waals surface area contributed by atoms with Crippen LogP contribution in [0.25, 0.3) is 6.08 Å². The van der Waals surface area contributed by atoms with Gasteiger partial charge in [0.25, 0.3) is 11.8 Å². The highest BCUT2D eigenvalue weighted by molar-refractivity contribution is 8.18. The van der Waals surface area contributed by atoms with Gasteiger partial charge in [-0.15, -0.1) is 0 Å². The van der Waals surface area contributed by atoms with Crippen LogP contribution in [0, 0.1) is 0 Å². The molecule has 0 radical (unpaired) electrons. The zero-order valence-electron chi connectivity index (χ0n) is 18.1. The molecule has 0 aliphatic carbocycles. The number of carbonyl (C=O) groups is 2. The largest absolute Gasteiger partial charge is 0.497 e. The lowest BCUT2D eigenvalue weighted by molar-refractivity contribution is -0.118. The Morgan fingerprint density at radius 3 is 2.59 bits per heavy atom. The summed E-state index contributed by atoms with van der Waals surface area (Å²) in [5.74, 6) is 0.563. The Morgan fingerprint density at radius 2 is 1.88 bits per heavy atom. The molecule has 0 bridgehead atoms. The monoisotopic (exact) mass is 493 g/mol. The van der Waals surface area contributed by atoms with Gasteiger partial charge >= 0.3 is 0 Å². The summed E-state index contributed by atoms with van der Waals surface area (Å²) in [6.45, 7) is -0.182. The molecule has 0 spiro atoms. The van der Waals surface area contributed by atoms with Crippen LogP contribution < -0.4 is 20.1 Å². The minimum atomic E-state index is -0.295. The van der Waals surface area contributed by atoms with Crippen molar-refractivity contribution in [2.75, 3.05) is 19.0 Å². The Hall–Kier alpha value is -3.75. The average Bonchev–Trinajstić information content (AvgIpc) is 3.18. The molecule has 172 valence electrons. The first-order chi connectivity index (χ1) is 16.5. The van der Waals surface area contributed by atoms with Gasteiger partial charge in [0.15, 0.2) is 11.8 Å². The first kappa shape index (κ1) is 23.4. The van der Waals surface area contributed by atoms with Crippen LogP contribution in [-0.2, 0) is 9.59 Å². The van der Waals surface area contributed by atoms with E-state index in [9.17, 15) is 9.59 Å². The Kier molecular flexibility index (Phi) is 7.51. The Labute approximate surface area is 205 Å². The molecular formula is C25H20ClN3O4S. The van der Waals surface area contributed by atoms with Crippen LogP contribution in [0.3, 0.4) is 0 Å². The minimum absolute atomic E-state index is 0.182. The zero-order chi connectivity index (χ0) is 23.9. The maximum absolute atomic E-state index is 12.4. The van der Waals surface area contributed by atoms with E-state index in [1.807, 2.05) is 18.2 Å². The normalized spacial score (nSPS) is 15.3. The Balaban J connectivity index is 1.38. The van der Waals surface area contributed by atoms with Crippen molar-refractivity contribution >= 4 is 57.8 Å². The first-order valence-corrected chi connectivity index (χ1v) is 11.4. The lowest BCUT2D eigenvalue weighted by Gasteiger charge is -2.09. The van der Waals surface area contributed by atoms with Crippen molar-refractivity contribution < 1.29 is 19.1 Å². The molecule has 1 aliphatic rings. The van der Waals surface area contributed by atoms with Crippen LogP contribution in [0.5, 0.6) is 11.5 Å². The van der Waals surface area contributed by atoms with Crippen LogP contribution in [0.4, 0.5) is 11.4 Å². The number of benzene rings is 3. The molecule has 2 N–H and O–H groups in total. The summed E-state index contributed by atoms with van der Waals surface area (Å²) in [5, 5.41) is 6.31. The fourth-order valence-electron chi connectivity index (χ4n) is 2.99. The standard InChI is InChI=1S/C25H20ClN3O4S/c1-32-19-10-8-18(9-11-19)28-25-29-24(31)22(34-25)14-16-7-12-21(20(26)13-16)33-15-23(30)27-17-5-3-2-4-6-17/h2-14H,15H2,1H3,(H,27,30)(H,28,29,31)/b22-14+. The molecule has 1 fully saturated rings. The van der Waals surface area contributed by atoms with Gasteiger partial charge in [0.05, 0.1) is 22.7 Å². The van der Waals surface area contributed by atoms with Crippen molar-refractivity contribution in [3.63, 3.8) is 0 Å². The summed E-state index contributed by atoms with van der Waals surface area (Å²) in [4.78, 5) is 29.4. The number of carbonyl (C=O) groups excluding carboxylic acids is 2. The van der Waals surface area contributed by atoms with Crippen molar-refractivity contribution in [3.05, 3.63) is 88.3 Å². The van der Waals surface area contributed by atoms with Gasteiger partial charge in [0.2, 0.25) is 0 Å². The number of aliphatic imine (C=N–C) groups is 1. The maximum Gasteiger partial charge on any atom is 0.264 e. The molecule has 0 aromatic heterocycles. The molecule has 0 atom stereocenters. The third-order valence-corrected chi connectivity index (χ3v) is 5.83. The number of ether oxygens (including phenoxy) is 2. The molecule has 4 rings (SSSR count). The molecule has 0 unspecified atom stereocenters. The van der Waals surface area contributed by atoms with Crippen LogP contribution in [0.2, 0.25) is 5.02 Å². The summed E-state index contributed by atoms with van der Waals surface area (Å²) >= 11 is 7.56. The second-order valence-corrected chi connectivity index (χ2v) is 8.51. The number of halogens is 1. The lowest BCUT2D eigenvalue weighted by Crippen LogP contribution is -2.20. The van der Waals surface area contributed by atoms with E-state index in [1.165, 1.54) is 11.8 Å². The molecule has 1 saturated heterocycles. The smallest absolute Gasteiger partial charge is 0.264 e. The summed E-state index contributed by atoms with van der Waals surface area (Å²) in [6.07, 6.45) is 1.72. The van der Waals surface area contributed by atoms with Crippen LogP contribution in [-0.4, -0.2) is 30.7 Å². The number of nitrogens with zero attached hydrogens (tertiary/aromatic N) is 1. The molecule has 1 aliphatic heterocycles. The number of anilines is 1. The van der Waals surface area contributed by atoms with E-state index in [0.717, 1.165) is 11.3 Å². The van der Waals surface area contributed by atoms with Crippen molar-refractivity contribution in [2.45, 2.75) is 0 Å². The Bertz CT molecular complexity index is 1260. The van der Waals surface area contributed by atoms with Crippen molar-refractivity contribution in [2.24, 2.45) is 4.99 Å². The number of amides is 2. The van der Waals surface area contributed by atoms with Crippen LogP contribution >= 0.6 is 23.4 Å². The summed E-state index contributed by atoms with van der Waals surface area (Å²) in [7, 11) is 1.60. The molecule has 34 heavy (non-hydrogen) atoms. The minimum Gasteiger partial charge on any atom is -0.497 e. The van der Waals surface area contributed by atoms with Crippen molar-refractivity contribution in [1.82, 2.24) is 5.32 Å². The number of para-hydroxylation sites is 1. The van der Waals surface area contributed by atoms with Gasteiger partial charge in [-0.1, -0.05) is 35.9 Å². The molecule has 1 heterocycles. The van der Waals surface area contributed by atoms with Crippen LogP contribution in [0.15, 0.2) is 82.7 Å². The highest BCUT2D eigenvalue weighted by Gasteiger charge is 2.24. The van der Waals surface area contributed by atoms with E-state index in [4.69, 9.17) is 21.1 Å². The van der Waals surface area contributed by atoms with Gasteiger partial charge in [-0.25, -0.2) is 4.99 Å². The van der Waals surface area contributed by atoms with Gasteiger partial charge < -0.3 is 20.1 Å². The van der Waals surface area contributed by atoms with Gasteiger partial charge in [0, 0.05) is 5.69 Å². The van der Waals surface area contributed by atoms with E-state index in [2.05, 4.69) is 15.6 Å². The van der Waals surface area contributed by atoms with E-state index in [-0.39, 0.29) is 18.4 Å². The van der Waals surface area contributed by atoms with Gasteiger partial charge in [-0.2, -0.15) is 0 Å². The molecular weight excluding hydrogens is 474 g/mol. The second kappa shape index (κ2) is 10.9. The number of hydrogen-bond donors (Lipinski definition) is 2. The quantitative estimate of drug-likeness (QED) is 0.438. The topological polar surface area (TPSA) is 89.0 Å². The van der Waals surface area contributed by atoms with Crippen molar-refractivity contribution in [1.29, 1.82) is 0 Å². The van der Waals surface area contributed by atoms with Crippen molar-refractivity contribution in [3.8, 4) is 11.5 Å². The predicted octanol–water partition coefficient (Wildman–Crippen LogP) is 5.26. The highest BCUT2D eigenvalue weighted by Crippen LogP contribution is 2.31. The predicted molar refractivity (Wildman–Crippen MR) is 136 cm³/mol. The SMILES string of the molecule is COc1ccc(N=C2NC(=O)/C(=C\c3ccc(OCC(=O)Nc4ccccc4)c(Cl)c3)S2)cc1. The average molecular weight is 494 g/mol. The first-order valence-electron chi connectivity index (χ1n) is 10.2. The third-order valence-electron chi connectivity index (χ3n) is 4.62. The van der Waals surface area contributed by atoms with E-state index in [1.54, 1.807) is 67.8 Å². The number of hydrogen-bond acceptors (Lipinski definition) is 6. The number of methoxy groups -OCH3 is 1. The van der Waals surface area contributed by atoms with Gasteiger partial charge in [-0.05, 0) is 71.9 Å². The van der Waals surface area contributed by atoms with E-state index < -0.39 is 0 Å². The summed E-state index contributed by atoms with van der Waals surface area (Å²) < 4.78 is 10.7. The molecule has 0 saturated carbocycles. The highest BCUT2D eigenvalue weighted by atomic mass is 35.5. The number of amidine groups is 1. The maximum atomic E-state index is 12.4. The fourth-order valence-corrected chi connectivity index (χ4v) is 4.08. The molecule has 3 aromatic carbocycles. The molecule has 9 heteroatoms. The molecule has 2 amide bonds. The number of rotatable bonds is 7. The third kappa shape index (κ3) is 6.18. The number of thioether (sulfide) groups is 1. The summed E-state index contributed by atoms with van der Waals surface area (Å²) in [6, 6.07) is 21.4. The molecule has 3 aromatic rings.